The molecule has 2 aliphatic rings. The summed E-state index contributed by atoms with van der Waals surface area (Å²) in [5.74, 6) is 0.902. The Hall–Kier alpha value is -0.0800. The zero-order chi connectivity index (χ0) is 11.8. The Morgan fingerprint density at radius 1 is 1.19 bits per heavy atom. The lowest BCUT2D eigenvalue weighted by atomic mass is 9.70. The predicted octanol–water partition coefficient (Wildman–Crippen LogP) is 2.49. The second-order valence-electron chi connectivity index (χ2n) is 6.92. The molecule has 3 atom stereocenters. The van der Waals surface area contributed by atoms with Crippen molar-refractivity contribution in [2.45, 2.75) is 59.0 Å². The maximum atomic E-state index is 3.54. The average molecular weight is 224 g/mol. The Bertz CT molecular complexity index is 237. The summed E-state index contributed by atoms with van der Waals surface area (Å²) in [5.41, 5.74) is 0.552. The maximum absolute atomic E-state index is 3.54. The molecule has 1 N–H and O–H groups in total. The lowest BCUT2D eigenvalue weighted by Gasteiger charge is -2.46. The fourth-order valence-corrected chi connectivity index (χ4v) is 3.87. The molecule has 94 valence electrons. The predicted molar refractivity (Wildman–Crippen MR) is 69.6 cm³/mol. The Balaban J connectivity index is 1.97. The number of hydrogen-bond donors (Lipinski definition) is 1. The Morgan fingerprint density at radius 3 is 2.56 bits per heavy atom. The van der Waals surface area contributed by atoms with Crippen LogP contribution in [0.5, 0.6) is 0 Å². The van der Waals surface area contributed by atoms with Gasteiger partial charge in [-0.3, -0.25) is 4.90 Å². The second-order valence-corrected chi connectivity index (χ2v) is 6.92. The number of hydrogen-bond acceptors (Lipinski definition) is 2. The van der Waals surface area contributed by atoms with Gasteiger partial charge in [0.15, 0.2) is 0 Å². The van der Waals surface area contributed by atoms with Gasteiger partial charge >= 0.3 is 0 Å². The van der Waals surface area contributed by atoms with Crippen molar-refractivity contribution in [2.24, 2.45) is 11.3 Å². The molecule has 1 saturated carbocycles. The Labute approximate surface area is 101 Å². The molecule has 2 rings (SSSR count). The highest BCUT2D eigenvalue weighted by atomic mass is 15.2. The summed E-state index contributed by atoms with van der Waals surface area (Å²) in [7, 11) is 0. The minimum absolute atomic E-state index is 0.552. The minimum atomic E-state index is 0.552. The SMILES string of the molecule is CC1CC(N2CCNC(C)C2)CC(C)(C)C1. The van der Waals surface area contributed by atoms with Crippen LogP contribution < -0.4 is 5.32 Å². The average Bonchev–Trinajstić information content (AvgIpc) is 2.14. The normalized spacial score (nSPS) is 40.9. The highest BCUT2D eigenvalue weighted by Gasteiger charge is 2.35. The van der Waals surface area contributed by atoms with E-state index in [9.17, 15) is 0 Å². The van der Waals surface area contributed by atoms with Crippen LogP contribution in [-0.4, -0.2) is 36.6 Å². The molecule has 0 spiro atoms. The molecule has 1 aliphatic carbocycles. The van der Waals surface area contributed by atoms with Crippen molar-refractivity contribution in [3.05, 3.63) is 0 Å². The van der Waals surface area contributed by atoms with Gasteiger partial charge in [0.25, 0.3) is 0 Å². The van der Waals surface area contributed by atoms with Gasteiger partial charge in [0.1, 0.15) is 0 Å². The Morgan fingerprint density at radius 2 is 1.94 bits per heavy atom. The highest BCUT2D eigenvalue weighted by molar-refractivity contribution is 4.90. The van der Waals surface area contributed by atoms with Crippen LogP contribution in [0.4, 0.5) is 0 Å². The van der Waals surface area contributed by atoms with Crippen LogP contribution in [0.15, 0.2) is 0 Å². The first-order valence-electron chi connectivity index (χ1n) is 6.94. The molecular formula is C14H28N2. The van der Waals surface area contributed by atoms with Crippen LogP contribution in [0.25, 0.3) is 0 Å². The van der Waals surface area contributed by atoms with Crippen molar-refractivity contribution in [3.8, 4) is 0 Å². The Kier molecular flexibility index (Phi) is 3.60. The van der Waals surface area contributed by atoms with Crippen LogP contribution in [0.2, 0.25) is 0 Å². The van der Waals surface area contributed by atoms with E-state index in [-0.39, 0.29) is 0 Å². The standard InChI is InChI=1S/C14H28N2/c1-11-7-13(9-14(3,4)8-11)16-6-5-15-12(2)10-16/h11-13,15H,5-10H2,1-4H3. The van der Waals surface area contributed by atoms with Crippen LogP contribution >= 0.6 is 0 Å². The van der Waals surface area contributed by atoms with Crippen LogP contribution in [-0.2, 0) is 0 Å². The van der Waals surface area contributed by atoms with Crippen molar-refractivity contribution in [1.29, 1.82) is 0 Å². The smallest absolute Gasteiger partial charge is 0.0167 e. The fraction of sp³-hybridized carbons (Fsp3) is 1.00. The summed E-state index contributed by atoms with van der Waals surface area (Å²) in [6.07, 6.45) is 4.21. The molecule has 2 heteroatoms. The number of rotatable bonds is 1. The largest absolute Gasteiger partial charge is 0.312 e. The van der Waals surface area contributed by atoms with Crippen molar-refractivity contribution in [2.75, 3.05) is 19.6 Å². The first-order valence-corrected chi connectivity index (χ1v) is 6.94. The second kappa shape index (κ2) is 4.66. The molecule has 0 aromatic heterocycles. The molecule has 0 bridgehead atoms. The molecular weight excluding hydrogens is 196 g/mol. The third kappa shape index (κ3) is 2.98. The van der Waals surface area contributed by atoms with Crippen molar-refractivity contribution < 1.29 is 0 Å². The zero-order valence-electron chi connectivity index (χ0n) is 11.4. The quantitative estimate of drug-likeness (QED) is 0.736. The zero-order valence-corrected chi connectivity index (χ0v) is 11.4. The van der Waals surface area contributed by atoms with Crippen molar-refractivity contribution in [3.63, 3.8) is 0 Å². The van der Waals surface area contributed by atoms with Gasteiger partial charge in [0, 0.05) is 31.7 Å². The molecule has 1 aliphatic heterocycles. The fourth-order valence-electron chi connectivity index (χ4n) is 3.87. The molecule has 1 heterocycles. The molecule has 2 nitrogen and oxygen atoms in total. The lowest BCUT2D eigenvalue weighted by molar-refractivity contribution is 0.0503. The number of nitrogens with zero attached hydrogens (tertiary/aromatic N) is 1. The molecule has 0 aromatic rings. The summed E-state index contributed by atoms with van der Waals surface area (Å²) in [6.45, 7) is 13.3. The van der Waals surface area contributed by atoms with Gasteiger partial charge in [-0.2, -0.15) is 0 Å². The summed E-state index contributed by atoms with van der Waals surface area (Å²) in [6, 6.07) is 1.51. The van der Waals surface area contributed by atoms with Gasteiger partial charge < -0.3 is 5.32 Å². The van der Waals surface area contributed by atoms with E-state index in [1.54, 1.807) is 0 Å². The van der Waals surface area contributed by atoms with Gasteiger partial charge in [-0.05, 0) is 37.5 Å². The summed E-state index contributed by atoms with van der Waals surface area (Å²) >= 11 is 0. The van der Waals surface area contributed by atoms with Gasteiger partial charge in [0.2, 0.25) is 0 Å². The maximum Gasteiger partial charge on any atom is 0.0167 e. The van der Waals surface area contributed by atoms with Gasteiger partial charge in [-0.15, -0.1) is 0 Å². The topological polar surface area (TPSA) is 15.3 Å². The third-order valence-electron chi connectivity index (χ3n) is 4.28. The minimum Gasteiger partial charge on any atom is -0.312 e. The monoisotopic (exact) mass is 224 g/mol. The highest BCUT2D eigenvalue weighted by Crippen LogP contribution is 2.40. The molecule has 0 aromatic carbocycles. The summed E-state index contributed by atoms with van der Waals surface area (Å²) < 4.78 is 0. The van der Waals surface area contributed by atoms with Crippen LogP contribution in [0.3, 0.4) is 0 Å². The van der Waals surface area contributed by atoms with E-state index in [2.05, 4.69) is 37.9 Å². The van der Waals surface area contributed by atoms with Gasteiger partial charge in [-0.25, -0.2) is 0 Å². The molecule has 0 radical (unpaired) electrons. The van der Waals surface area contributed by atoms with Gasteiger partial charge in [0.05, 0.1) is 0 Å². The molecule has 1 saturated heterocycles. The van der Waals surface area contributed by atoms with E-state index < -0.39 is 0 Å². The molecule has 0 amide bonds. The van der Waals surface area contributed by atoms with E-state index in [1.165, 1.54) is 38.9 Å². The van der Waals surface area contributed by atoms with Crippen molar-refractivity contribution >= 4 is 0 Å². The first-order chi connectivity index (χ1) is 7.46. The first kappa shape index (κ1) is 12.4. The summed E-state index contributed by atoms with van der Waals surface area (Å²) in [5, 5.41) is 3.54. The van der Waals surface area contributed by atoms with Gasteiger partial charge in [-0.1, -0.05) is 20.8 Å². The van der Waals surface area contributed by atoms with Crippen LogP contribution in [0.1, 0.15) is 47.0 Å². The number of nitrogens with one attached hydrogen (secondary N) is 1. The number of piperazine rings is 1. The van der Waals surface area contributed by atoms with E-state index in [0.29, 0.717) is 11.5 Å². The third-order valence-corrected chi connectivity index (χ3v) is 4.28. The summed E-state index contributed by atoms with van der Waals surface area (Å²) in [4.78, 5) is 2.73. The van der Waals surface area contributed by atoms with E-state index in [1.807, 2.05) is 0 Å². The molecule has 2 fully saturated rings. The van der Waals surface area contributed by atoms with E-state index >= 15 is 0 Å². The van der Waals surface area contributed by atoms with E-state index in [0.717, 1.165) is 12.0 Å². The lowest BCUT2D eigenvalue weighted by Crippen LogP contribution is -2.54. The molecule has 16 heavy (non-hydrogen) atoms. The van der Waals surface area contributed by atoms with E-state index in [4.69, 9.17) is 0 Å². The van der Waals surface area contributed by atoms with Crippen LogP contribution in [0, 0.1) is 11.3 Å². The molecule has 3 unspecified atom stereocenters. The van der Waals surface area contributed by atoms with Crippen molar-refractivity contribution in [1.82, 2.24) is 10.2 Å².